The van der Waals surface area contributed by atoms with E-state index in [2.05, 4.69) is 37.9 Å². The van der Waals surface area contributed by atoms with E-state index in [4.69, 9.17) is 26.4 Å². The molecule has 1 heterocycles. The minimum Gasteiger partial charge on any atom is -0.492 e. The van der Waals surface area contributed by atoms with E-state index in [9.17, 15) is 0 Å². The van der Waals surface area contributed by atoms with Gasteiger partial charge in [0.25, 0.3) is 0 Å². The van der Waals surface area contributed by atoms with Gasteiger partial charge in [0.15, 0.2) is 22.1 Å². The van der Waals surface area contributed by atoms with E-state index in [1.807, 2.05) is 10.6 Å². The van der Waals surface area contributed by atoms with Gasteiger partial charge in [-0.2, -0.15) is 5.10 Å². The zero-order valence-electron chi connectivity index (χ0n) is 15.3. The van der Waals surface area contributed by atoms with E-state index in [0.29, 0.717) is 22.0 Å². The van der Waals surface area contributed by atoms with E-state index in [-0.39, 0.29) is 12.0 Å². The molecule has 7 heteroatoms. The van der Waals surface area contributed by atoms with Gasteiger partial charge in [-0.15, -0.1) is 0 Å². The van der Waals surface area contributed by atoms with Gasteiger partial charge in [0.2, 0.25) is 5.75 Å². The number of aromatic amines is 1. The Balaban J connectivity index is 2.89. The highest BCUT2D eigenvalue weighted by molar-refractivity contribution is 7.71. The normalized spacial score (nSPS) is 11.2. The molecular weight excluding hydrogens is 326 g/mol. The molecule has 132 valence electrons. The fraction of sp³-hybridized carbons (Fsp3) is 0.529. The number of nitrogens with one attached hydrogen (secondary N) is 1. The van der Waals surface area contributed by atoms with E-state index in [0.717, 1.165) is 17.0 Å². The third kappa shape index (κ3) is 3.00. The molecule has 6 nitrogen and oxygen atoms in total. The first-order chi connectivity index (χ1) is 11.4. The zero-order valence-corrected chi connectivity index (χ0v) is 16.1. The van der Waals surface area contributed by atoms with Crippen LogP contribution in [0.4, 0.5) is 0 Å². The molecule has 0 aliphatic rings. The Hall–Kier alpha value is -2.02. The summed E-state index contributed by atoms with van der Waals surface area (Å²) in [5.41, 5.74) is 1.84. The van der Waals surface area contributed by atoms with Crippen molar-refractivity contribution in [3.8, 4) is 28.6 Å². The topological polar surface area (TPSA) is 61.3 Å². The Bertz CT molecular complexity index is 778. The molecule has 24 heavy (non-hydrogen) atoms. The lowest BCUT2D eigenvalue weighted by molar-refractivity contribution is 0.322. The van der Waals surface area contributed by atoms with Crippen molar-refractivity contribution in [2.45, 2.75) is 39.7 Å². The second-order valence-corrected chi connectivity index (χ2v) is 6.47. The van der Waals surface area contributed by atoms with Crippen LogP contribution < -0.4 is 14.2 Å². The average molecular weight is 351 g/mol. The number of methoxy groups -OCH3 is 3. The highest BCUT2D eigenvalue weighted by atomic mass is 32.1. The molecule has 0 amide bonds. The first kappa shape index (κ1) is 18.3. The van der Waals surface area contributed by atoms with E-state index < -0.39 is 0 Å². The number of aromatic nitrogens is 3. The van der Waals surface area contributed by atoms with Gasteiger partial charge in [0.05, 0.1) is 26.9 Å². The van der Waals surface area contributed by atoms with Gasteiger partial charge in [0.1, 0.15) is 0 Å². The van der Waals surface area contributed by atoms with E-state index >= 15 is 0 Å². The zero-order chi connectivity index (χ0) is 18.0. The molecule has 1 N–H and O–H groups in total. The second kappa shape index (κ2) is 7.25. The van der Waals surface area contributed by atoms with Crippen LogP contribution in [0.5, 0.6) is 17.2 Å². The number of ether oxygens (including phenoxy) is 3. The number of rotatable bonds is 6. The van der Waals surface area contributed by atoms with Crippen molar-refractivity contribution in [1.29, 1.82) is 0 Å². The number of benzene rings is 1. The minimum atomic E-state index is 0.159. The van der Waals surface area contributed by atoms with Gasteiger partial charge in [-0.05, 0) is 38.0 Å². The molecule has 0 atom stereocenters. The molecule has 2 rings (SSSR count). The maximum atomic E-state index is 5.64. The quantitative estimate of drug-likeness (QED) is 0.785. The van der Waals surface area contributed by atoms with Crippen molar-refractivity contribution >= 4 is 12.2 Å². The van der Waals surface area contributed by atoms with Gasteiger partial charge >= 0.3 is 0 Å². The van der Waals surface area contributed by atoms with E-state index in [1.54, 1.807) is 21.3 Å². The van der Waals surface area contributed by atoms with Crippen LogP contribution in [-0.2, 0) is 0 Å². The summed E-state index contributed by atoms with van der Waals surface area (Å²) in [7, 11) is 4.84. The van der Waals surface area contributed by atoms with Crippen LogP contribution >= 0.6 is 12.2 Å². The van der Waals surface area contributed by atoms with Gasteiger partial charge < -0.3 is 14.2 Å². The smallest absolute Gasteiger partial charge is 0.204 e. The van der Waals surface area contributed by atoms with E-state index in [1.165, 1.54) is 0 Å². The van der Waals surface area contributed by atoms with Crippen molar-refractivity contribution in [1.82, 2.24) is 14.8 Å². The molecule has 0 aliphatic carbocycles. The summed E-state index contributed by atoms with van der Waals surface area (Å²) < 4.78 is 19.3. The number of nitrogens with zero attached hydrogens (tertiary/aromatic N) is 2. The SMILES string of the molecule is COc1c(-c2n[nH]c(=S)n2C(C)C)cc(C(C)C)c(OC)c1OC. The van der Waals surface area contributed by atoms with Crippen molar-refractivity contribution in [3.05, 3.63) is 16.4 Å². The maximum Gasteiger partial charge on any atom is 0.204 e. The molecule has 1 aromatic heterocycles. The summed E-state index contributed by atoms with van der Waals surface area (Å²) in [5.74, 6) is 2.78. The molecule has 0 bridgehead atoms. The number of hydrogen-bond donors (Lipinski definition) is 1. The second-order valence-electron chi connectivity index (χ2n) is 6.08. The first-order valence-electron chi connectivity index (χ1n) is 7.87. The van der Waals surface area contributed by atoms with Crippen LogP contribution in [0, 0.1) is 4.77 Å². The Labute approximate surface area is 147 Å². The molecule has 0 saturated carbocycles. The largest absolute Gasteiger partial charge is 0.492 e. The van der Waals surface area contributed by atoms with Crippen LogP contribution in [0.15, 0.2) is 6.07 Å². The highest BCUT2D eigenvalue weighted by Crippen LogP contribution is 2.48. The predicted octanol–water partition coefficient (Wildman–Crippen LogP) is 4.34. The summed E-state index contributed by atoms with van der Waals surface area (Å²) in [6, 6.07) is 2.20. The Kier molecular flexibility index (Phi) is 5.54. The van der Waals surface area contributed by atoms with Gasteiger partial charge in [-0.25, -0.2) is 0 Å². The highest BCUT2D eigenvalue weighted by Gasteiger charge is 2.26. The molecule has 0 aliphatic heterocycles. The Morgan fingerprint density at radius 1 is 1.00 bits per heavy atom. The Morgan fingerprint density at radius 2 is 1.58 bits per heavy atom. The van der Waals surface area contributed by atoms with Crippen molar-refractivity contribution in [2.24, 2.45) is 0 Å². The summed E-state index contributed by atoms with van der Waals surface area (Å²) in [4.78, 5) is 0. The summed E-state index contributed by atoms with van der Waals surface area (Å²) in [5, 5.41) is 7.29. The van der Waals surface area contributed by atoms with Gasteiger partial charge in [-0.3, -0.25) is 9.67 Å². The molecule has 0 fully saturated rings. The molecule has 0 radical (unpaired) electrons. The average Bonchev–Trinajstić information content (AvgIpc) is 2.93. The lowest BCUT2D eigenvalue weighted by atomic mass is 9.97. The lowest BCUT2D eigenvalue weighted by Crippen LogP contribution is -2.07. The lowest BCUT2D eigenvalue weighted by Gasteiger charge is -2.21. The molecular formula is C17H25N3O3S. The fourth-order valence-corrected chi connectivity index (χ4v) is 3.15. The number of H-pyrrole nitrogens is 1. The van der Waals surface area contributed by atoms with Crippen LogP contribution in [0.2, 0.25) is 0 Å². The fourth-order valence-electron chi connectivity index (χ4n) is 2.81. The van der Waals surface area contributed by atoms with Crippen LogP contribution in [0.1, 0.15) is 45.2 Å². The molecule has 0 spiro atoms. The number of hydrogen-bond acceptors (Lipinski definition) is 5. The molecule has 0 saturated heterocycles. The maximum absolute atomic E-state index is 5.64. The van der Waals surface area contributed by atoms with Crippen LogP contribution in [-0.4, -0.2) is 36.1 Å². The monoisotopic (exact) mass is 351 g/mol. The van der Waals surface area contributed by atoms with Gasteiger partial charge in [-0.1, -0.05) is 13.8 Å². The van der Waals surface area contributed by atoms with Crippen molar-refractivity contribution in [3.63, 3.8) is 0 Å². The van der Waals surface area contributed by atoms with Crippen LogP contribution in [0.3, 0.4) is 0 Å². The van der Waals surface area contributed by atoms with Crippen molar-refractivity contribution < 1.29 is 14.2 Å². The van der Waals surface area contributed by atoms with Gasteiger partial charge in [0, 0.05) is 11.6 Å². The first-order valence-corrected chi connectivity index (χ1v) is 8.28. The molecule has 2 aromatic rings. The molecule has 0 unspecified atom stereocenters. The Morgan fingerprint density at radius 3 is 2.04 bits per heavy atom. The van der Waals surface area contributed by atoms with Crippen LogP contribution in [0.25, 0.3) is 11.4 Å². The minimum absolute atomic E-state index is 0.159. The summed E-state index contributed by atoms with van der Waals surface area (Å²) in [6.07, 6.45) is 0. The standard InChI is InChI=1S/C17H25N3O3S/c1-9(2)11-8-12(14(22-6)15(23-7)13(11)21-5)16-18-19-17(24)20(16)10(3)4/h8-10H,1-7H3,(H,19,24). The summed E-state index contributed by atoms with van der Waals surface area (Å²) >= 11 is 5.37. The van der Waals surface area contributed by atoms with Crippen molar-refractivity contribution in [2.75, 3.05) is 21.3 Å². The third-order valence-corrected chi connectivity index (χ3v) is 4.20. The third-order valence-electron chi connectivity index (χ3n) is 3.92. The molecule has 1 aromatic carbocycles. The predicted molar refractivity (Wildman–Crippen MR) is 97.0 cm³/mol. The summed E-state index contributed by atoms with van der Waals surface area (Å²) in [6.45, 7) is 8.33.